The summed E-state index contributed by atoms with van der Waals surface area (Å²) in [6, 6.07) is 9.12. The van der Waals surface area contributed by atoms with Crippen LogP contribution in [0.4, 0.5) is 10.5 Å². The van der Waals surface area contributed by atoms with Crippen molar-refractivity contribution in [3.8, 4) is 17.2 Å². The van der Waals surface area contributed by atoms with E-state index in [2.05, 4.69) is 28.8 Å². The Hall–Kier alpha value is -2.89. The highest BCUT2D eigenvalue weighted by atomic mass is 16.5. The number of nitrogens with one attached hydrogen (secondary N) is 2. The van der Waals surface area contributed by atoms with Gasteiger partial charge < -0.3 is 24.8 Å². The summed E-state index contributed by atoms with van der Waals surface area (Å²) < 4.78 is 15.9. The molecule has 26 heavy (non-hydrogen) atoms. The molecule has 1 atom stereocenters. The molecule has 0 spiro atoms. The van der Waals surface area contributed by atoms with Crippen molar-refractivity contribution in [1.82, 2.24) is 5.32 Å². The number of methoxy groups -OCH3 is 3. The van der Waals surface area contributed by atoms with Crippen molar-refractivity contribution in [1.29, 1.82) is 0 Å². The molecule has 2 rings (SSSR count). The predicted molar refractivity (Wildman–Crippen MR) is 103 cm³/mol. The fraction of sp³-hybridized carbons (Fsp3) is 0.350. The van der Waals surface area contributed by atoms with Crippen LogP contribution < -0.4 is 24.8 Å². The van der Waals surface area contributed by atoms with Crippen molar-refractivity contribution < 1.29 is 19.0 Å². The molecule has 1 unspecified atom stereocenters. The molecule has 2 aromatic carbocycles. The standard InChI is InChI=1S/C20H26N2O4/c1-12-7-8-13(2)16(9-12)14(3)21-20(23)22-15-10-17(24-4)19(26-6)18(11-15)25-5/h7-11,14H,1-6H3,(H2,21,22,23). The van der Waals surface area contributed by atoms with Gasteiger partial charge in [0, 0.05) is 12.1 Å². The molecule has 0 saturated carbocycles. The van der Waals surface area contributed by atoms with Crippen LogP contribution in [0.15, 0.2) is 30.3 Å². The Morgan fingerprint density at radius 3 is 2.12 bits per heavy atom. The van der Waals surface area contributed by atoms with E-state index >= 15 is 0 Å². The van der Waals surface area contributed by atoms with Crippen LogP contribution >= 0.6 is 0 Å². The minimum Gasteiger partial charge on any atom is -0.493 e. The summed E-state index contributed by atoms with van der Waals surface area (Å²) in [7, 11) is 4.60. The summed E-state index contributed by atoms with van der Waals surface area (Å²) in [6.45, 7) is 6.02. The number of aryl methyl sites for hydroxylation is 2. The number of carbonyl (C=O) groups is 1. The Bertz CT molecular complexity index is 764. The van der Waals surface area contributed by atoms with Crippen LogP contribution in [0.3, 0.4) is 0 Å². The highest BCUT2D eigenvalue weighted by Gasteiger charge is 2.16. The van der Waals surface area contributed by atoms with Gasteiger partial charge in [0.1, 0.15) is 0 Å². The number of ether oxygens (including phenoxy) is 3. The van der Waals surface area contributed by atoms with Gasteiger partial charge in [-0.2, -0.15) is 0 Å². The van der Waals surface area contributed by atoms with Crippen LogP contribution in [0.25, 0.3) is 0 Å². The molecule has 0 heterocycles. The topological polar surface area (TPSA) is 68.8 Å². The molecule has 0 aromatic heterocycles. The monoisotopic (exact) mass is 358 g/mol. The third-order valence-electron chi connectivity index (χ3n) is 4.17. The van der Waals surface area contributed by atoms with E-state index in [1.807, 2.05) is 20.8 Å². The number of rotatable bonds is 6. The zero-order chi connectivity index (χ0) is 19.3. The van der Waals surface area contributed by atoms with Crippen molar-refractivity contribution in [3.05, 3.63) is 47.0 Å². The van der Waals surface area contributed by atoms with Gasteiger partial charge in [-0.15, -0.1) is 0 Å². The molecule has 0 saturated heterocycles. The minimum absolute atomic E-state index is 0.128. The van der Waals surface area contributed by atoms with Crippen LogP contribution in [-0.2, 0) is 0 Å². The number of anilines is 1. The summed E-state index contributed by atoms with van der Waals surface area (Å²) in [4.78, 5) is 12.4. The van der Waals surface area contributed by atoms with Crippen LogP contribution in [0.1, 0.15) is 29.7 Å². The maximum absolute atomic E-state index is 12.4. The normalized spacial score (nSPS) is 11.5. The van der Waals surface area contributed by atoms with Gasteiger partial charge in [0.2, 0.25) is 5.75 Å². The predicted octanol–water partition coefficient (Wildman–Crippen LogP) is 4.21. The van der Waals surface area contributed by atoms with Gasteiger partial charge in [0.15, 0.2) is 11.5 Å². The van der Waals surface area contributed by atoms with E-state index in [1.54, 1.807) is 12.1 Å². The summed E-state index contributed by atoms with van der Waals surface area (Å²) in [5.74, 6) is 1.43. The Morgan fingerprint density at radius 2 is 1.58 bits per heavy atom. The lowest BCUT2D eigenvalue weighted by atomic mass is 10.0. The van der Waals surface area contributed by atoms with Crippen molar-refractivity contribution in [2.45, 2.75) is 26.8 Å². The molecule has 0 aliphatic rings. The molecular weight excluding hydrogens is 332 g/mol. The van der Waals surface area contributed by atoms with Crippen LogP contribution in [-0.4, -0.2) is 27.4 Å². The molecule has 0 radical (unpaired) electrons. The van der Waals surface area contributed by atoms with Crippen molar-refractivity contribution >= 4 is 11.7 Å². The zero-order valence-corrected chi connectivity index (χ0v) is 16.1. The maximum atomic E-state index is 12.4. The fourth-order valence-corrected chi connectivity index (χ4v) is 2.82. The van der Waals surface area contributed by atoms with Crippen LogP contribution in [0.5, 0.6) is 17.2 Å². The Kier molecular flexibility index (Phi) is 6.33. The Morgan fingerprint density at radius 1 is 0.962 bits per heavy atom. The van der Waals surface area contributed by atoms with E-state index in [-0.39, 0.29) is 12.1 Å². The summed E-state index contributed by atoms with van der Waals surface area (Å²) >= 11 is 0. The maximum Gasteiger partial charge on any atom is 0.319 e. The van der Waals surface area contributed by atoms with Crippen LogP contribution in [0.2, 0.25) is 0 Å². The van der Waals surface area contributed by atoms with E-state index in [9.17, 15) is 4.79 Å². The molecule has 0 aliphatic carbocycles. The van der Waals surface area contributed by atoms with E-state index in [0.717, 1.165) is 16.7 Å². The molecular formula is C20H26N2O4. The van der Waals surface area contributed by atoms with E-state index in [1.165, 1.54) is 21.3 Å². The molecule has 0 fully saturated rings. The molecule has 0 aliphatic heterocycles. The van der Waals surface area contributed by atoms with Crippen molar-refractivity contribution in [2.24, 2.45) is 0 Å². The van der Waals surface area contributed by atoms with Gasteiger partial charge in [-0.3, -0.25) is 0 Å². The molecule has 6 heteroatoms. The Labute approximate surface area is 154 Å². The first-order valence-electron chi connectivity index (χ1n) is 8.34. The van der Waals surface area contributed by atoms with Crippen molar-refractivity contribution in [3.63, 3.8) is 0 Å². The third-order valence-corrected chi connectivity index (χ3v) is 4.17. The average molecular weight is 358 g/mol. The number of urea groups is 1. The van der Waals surface area contributed by atoms with Crippen LogP contribution in [0, 0.1) is 13.8 Å². The van der Waals surface area contributed by atoms with E-state index in [4.69, 9.17) is 14.2 Å². The Balaban J connectivity index is 2.15. The molecule has 6 nitrogen and oxygen atoms in total. The molecule has 140 valence electrons. The van der Waals surface area contributed by atoms with Gasteiger partial charge in [-0.05, 0) is 31.9 Å². The summed E-state index contributed by atoms with van der Waals surface area (Å²) in [5, 5.41) is 5.77. The lowest BCUT2D eigenvalue weighted by molar-refractivity contribution is 0.249. The summed E-state index contributed by atoms with van der Waals surface area (Å²) in [5.41, 5.74) is 3.93. The second-order valence-electron chi connectivity index (χ2n) is 6.09. The lowest BCUT2D eigenvalue weighted by Gasteiger charge is -2.19. The third kappa shape index (κ3) is 4.39. The van der Waals surface area contributed by atoms with E-state index < -0.39 is 0 Å². The second-order valence-corrected chi connectivity index (χ2v) is 6.09. The molecule has 0 bridgehead atoms. The van der Waals surface area contributed by atoms with Crippen molar-refractivity contribution in [2.75, 3.05) is 26.6 Å². The highest BCUT2D eigenvalue weighted by molar-refractivity contribution is 5.90. The second kappa shape index (κ2) is 8.47. The quantitative estimate of drug-likeness (QED) is 0.811. The first kappa shape index (κ1) is 19.4. The molecule has 2 aromatic rings. The smallest absolute Gasteiger partial charge is 0.319 e. The minimum atomic E-state index is -0.312. The first-order valence-corrected chi connectivity index (χ1v) is 8.34. The fourth-order valence-electron chi connectivity index (χ4n) is 2.82. The number of amides is 2. The van der Waals surface area contributed by atoms with Gasteiger partial charge in [-0.1, -0.05) is 23.8 Å². The highest BCUT2D eigenvalue weighted by Crippen LogP contribution is 2.39. The zero-order valence-electron chi connectivity index (χ0n) is 16.1. The molecule has 2 amide bonds. The van der Waals surface area contributed by atoms with Gasteiger partial charge in [0.05, 0.1) is 33.1 Å². The SMILES string of the molecule is COc1cc(NC(=O)NC(C)c2cc(C)ccc2C)cc(OC)c1OC. The van der Waals surface area contributed by atoms with Gasteiger partial charge in [-0.25, -0.2) is 4.79 Å². The number of hydrogen-bond acceptors (Lipinski definition) is 4. The lowest BCUT2D eigenvalue weighted by Crippen LogP contribution is -2.31. The largest absolute Gasteiger partial charge is 0.493 e. The van der Waals surface area contributed by atoms with E-state index in [0.29, 0.717) is 22.9 Å². The molecule has 2 N–H and O–H groups in total. The number of benzene rings is 2. The number of hydrogen-bond donors (Lipinski definition) is 2. The summed E-state index contributed by atoms with van der Waals surface area (Å²) in [6.07, 6.45) is 0. The first-order chi connectivity index (χ1) is 12.4. The number of carbonyl (C=O) groups excluding carboxylic acids is 1. The average Bonchev–Trinajstić information content (AvgIpc) is 2.62. The van der Waals surface area contributed by atoms with Gasteiger partial charge in [0.25, 0.3) is 0 Å². The van der Waals surface area contributed by atoms with Gasteiger partial charge >= 0.3 is 6.03 Å².